The van der Waals surface area contributed by atoms with Gasteiger partial charge in [0.05, 0.1) is 19.8 Å². The van der Waals surface area contributed by atoms with Crippen molar-refractivity contribution in [2.45, 2.75) is 52.5 Å². The Hall–Kier alpha value is -0.850. The Balaban J connectivity index is 1.61. The molecule has 2 N–H and O–H groups in total. The van der Waals surface area contributed by atoms with E-state index in [1.807, 2.05) is 0 Å². The van der Waals surface area contributed by atoms with Crippen molar-refractivity contribution in [3.63, 3.8) is 0 Å². The first-order chi connectivity index (χ1) is 12.7. The van der Waals surface area contributed by atoms with Crippen molar-refractivity contribution < 1.29 is 4.74 Å². The van der Waals surface area contributed by atoms with Crippen molar-refractivity contribution in [2.75, 3.05) is 65.6 Å². The first-order valence-corrected chi connectivity index (χ1v) is 10.8. The van der Waals surface area contributed by atoms with Gasteiger partial charge in [-0.05, 0) is 58.5 Å². The first-order valence-electron chi connectivity index (χ1n) is 10.8. The second kappa shape index (κ2) is 12.5. The number of rotatable bonds is 9. The highest BCUT2D eigenvalue weighted by Gasteiger charge is 2.17. The summed E-state index contributed by atoms with van der Waals surface area (Å²) >= 11 is 0. The number of aliphatic imine (C=N–C) groups is 1. The zero-order valence-electron chi connectivity index (χ0n) is 17.3. The molecule has 2 aliphatic heterocycles. The van der Waals surface area contributed by atoms with Crippen molar-refractivity contribution in [3.05, 3.63) is 0 Å². The molecular formula is C20H41N5O. The molecule has 0 aromatic rings. The predicted octanol–water partition coefficient (Wildman–Crippen LogP) is 1.77. The Kier molecular flexibility index (Phi) is 10.3. The highest BCUT2D eigenvalue weighted by Crippen LogP contribution is 2.15. The molecule has 0 saturated carbocycles. The molecule has 2 fully saturated rings. The van der Waals surface area contributed by atoms with Crippen molar-refractivity contribution in [1.29, 1.82) is 0 Å². The third-order valence-electron chi connectivity index (χ3n) is 5.46. The zero-order valence-corrected chi connectivity index (χ0v) is 17.3. The van der Waals surface area contributed by atoms with Crippen LogP contribution in [0, 0.1) is 5.92 Å². The van der Waals surface area contributed by atoms with Crippen molar-refractivity contribution in [3.8, 4) is 0 Å². The number of hydrogen-bond acceptors (Lipinski definition) is 4. The van der Waals surface area contributed by atoms with Crippen LogP contribution in [0.25, 0.3) is 0 Å². The van der Waals surface area contributed by atoms with Crippen LogP contribution < -0.4 is 10.6 Å². The number of nitrogens with one attached hydrogen (secondary N) is 2. The van der Waals surface area contributed by atoms with E-state index in [1.54, 1.807) is 0 Å². The molecule has 2 atom stereocenters. The van der Waals surface area contributed by atoms with Crippen LogP contribution in [-0.2, 0) is 4.74 Å². The molecule has 2 unspecified atom stereocenters. The number of guanidine groups is 1. The number of hydrogen-bond donors (Lipinski definition) is 2. The molecule has 0 bridgehead atoms. The quantitative estimate of drug-likeness (QED) is 0.370. The Morgan fingerprint density at radius 3 is 2.73 bits per heavy atom. The van der Waals surface area contributed by atoms with Crippen molar-refractivity contribution in [1.82, 2.24) is 20.4 Å². The number of ether oxygens (including phenoxy) is 1. The number of nitrogens with zero attached hydrogens (tertiary/aromatic N) is 3. The maximum absolute atomic E-state index is 5.43. The second-order valence-corrected chi connectivity index (χ2v) is 7.90. The lowest BCUT2D eigenvalue weighted by Gasteiger charge is -2.31. The van der Waals surface area contributed by atoms with Gasteiger partial charge in [-0.2, -0.15) is 0 Å². The lowest BCUT2D eigenvalue weighted by molar-refractivity contribution is 0.0220. The van der Waals surface area contributed by atoms with Crippen LogP contribution in [0.2, 0.25) is 0 Å². The molecule has 0 aromatic carbocycles. The minimum atomic E-state index is 0.468. The fourth-order valence-corrected chi connectivity index (χ4v) is 3.86. The SMILES string of the molecule is CCNC(=NCC(C)N1CCOCC1)NCCCCN1CCCC(C)C1. The van der Waals surface area contributed by atoms with E-state index in [4.69, 9.17) is 9.73 Å². The number of morpholine rings is 1. The van der Waals surface area contributed by atoms with E-state index in [0.29, 0.717) is 6.04 Å². The molecule has 2 heterocycles. The van der Waals surface area contributed by atoms with Gasteiger partial charge in [0.2, 0.25) is 0 Å². The van der Waals surface area contributed by atoms with Crippen LogP contribution >= 0.6 is 0 Å². The topological polar surface area (TPSA) is 52.1 Å². The Labute approximate surface area is 160 Å². The highest BCUT2D eigenvalue weighted by molar-refractivity contribution is 5.79. The van der Waals surface area contributed by atoms with Gasteiger partial charge in [0, 0.05) is 38.8 Å². The monoisotopic (exact) mass is 367 g/mol. The maximum atomic E-state index is 5.43. The molecule has 6 heteroatoms. The average molecular weight is 368 g/mol. The smallest absolute Gasteiger partial charge is 0.191 e. The van der Waals surface area contributed by atoms with Gasteiger partial charge in [-0.3, -0.25) is 9.89 Å². The van der Waals surface area contributed by atoms with Gasteiger partial charge in [0.1, 0.15) is 0 Å². The summed E-state index contributed by atoms with van der Waals surface area (Å²) in [4.78, 5) is 9.89. The fourth-order valence-electron chi connectivity index (χ4n) is 3.86. The number of piperidine rings is 1. The minimum Gasteiger partial charge on any atom is -0.379 e. The molecule has 2 aliphatic rings. The van der Waals surface area contributed by atoms with Crippen LogP contribution in [0.15, 0.2) is 4.99 Å². The molecule has 152 valence electrons. The van der Waals surface area contributed by atoms with E-state index in [2.05, 4.69) is 41.2 Å². The van der Waals surface area contributed by atoms with Gasteiger partial charge in [-0.25, -0.2) is 0 Å². The molecular weight excluding hydrogens is 326 g/mol. The van der Waals surface area contributed by atoms with Crippen LogP contribution in [0.3, 0.4) is 0 Å². The van der Waals surface area contributed by atoms with Gasteiger partial charge in [-0.15, -0.1) is 0 Å². The zero-order chi connectivity index (χ0) is 18.6. The summed E-state index contributed by atoms with van der Waals surface area (Å²) in [6.45, 7) is 17.1. The minimum absolute atomic E-state index is 0.468. The highest BCUT2D eigenvalue weighted by atomic mass is 16.5. The van der Waals surface area contributed by atoms with E-state index in [9.17, 15) is 0 Å². The van der Waals surface area contributed by atoms with Crippen molar-refractivity contribution >= 4 is 5.96 Å². The molecule has 0 spiro atoms. The van der Waals surface area contributed by atoms with Crippen LogP contribution in [0.1, 0.15) is 46.5 Å². The normalized spacial score (nSPS) is 24.4. The third kappa shape index (κ3) is 8.23. The summed E-state index contributed by atoms with van der Waals surface area (Å²) in [5.41, 5.74) is 0. The van der Waals surface area contributed by atoms with E-state index in [1.165, 1.54) is 45.3 Å². The van der Waals surface area contributed by atoms with Gasteiger partial charge >= 0.3 is 0 Å². The average Bonchev–Trinajstić information content (AvgIpc) is 2.66. The lowest BCUT2D eigenvalue weighted by Crippen LogP contribution is -2.44. The lowest BCUT2D eigenvalue weighted by atomic mass is 10.0. The number of unbranched alkanes of at least 4 members (excludes halogenated alkanes) is 1. The predicted molar refractivity (Wildman–Crippen MR) is 110 cm³/mol. The van der Waals surface area contributed by atoms with E-state index >= 15 is 0 Å². The van der Waals surface area contributed by atoms with Crippen molar-refractivity contribution in [2.24, 2.45) is 10.9 Å². The molecule has 0 radical (unpaired) electrons. The second-order valence-electron chi connectivity index (χ2n) is 7.90. The summed E-state index contributed by atoms with van der Waals surface area (Å²) in [6, 6.07) is 0.468. The van der Waals surface area contributed by atoms with Gasteiger partial charge in [0.25, 0.3) is 0 Å². The van der Waals surface area contributed by atoms with Crippen LogP contribution in [0.4, 0.5) is 0 Å². The van der Waals surface area contributed by atoms with Gasteiger partial charge in [-0.1, -0.05) is 6.92 Å². The van der Waals surface area contributed by atoms with E-state index < -0.39 is 0 Å². The number of likely N-dealkylation sites (tertiary alicyclic amines) is 1. The molecule has 0 aliphatic carbocycles. The summed E-state index contributed by atoms with van der Waals surface area (Å²) < 4.78 is 5.43. The van der Waals surface area contributed by atoms with Crippen LogP contribution in [-0.4, -0.2) is 87.4 Å². The Morgan fingerprint density at radius 2 is 2.00 bits per heavy atom. The third-order valence-corrected chi connectivity index (χ3v) is 5.46. The summed E-state index contributed by atoms with van der Waals surface area (Å²) in [7, 11) is 0. The molecule has 0 amide bonds. The first kappa shape index (κ1) is 21.5. The summed E-state index contributed by atoms with van der Waals surface area (Å²) in [5, 5.41) is 6.87. The van der Waals surface area contributed by atoms with E-state index in [0.717, 1.165) is 57.8 Å². The molecule has 2 rings (SSSR count). The van der Waals surface area contributed by atoms with E-state index in [-0.39, 0.29) is 0 Å². The molecule has 6 nitrogen and oxygen atoms in total. The standard InChI is InChI=1S/C20H41N5O/c1-4-21-20(23-16-19(3)25-12-14-26-15-13-25)22-9-5-6-10-24-11-7-8-18(2)17-24/h18-19H,4-17H2,1-3H3,(H2,21,22,23). The maximum Gasteiger partial charge on any atom is 0.191 e. The Morgan fingerprint density at radius 1 is 1.19 bits per heavy atom. The summed E-state index contributed by atoms with van der Waals surface area (Å²) in [5.74, 6) is 1.84. The van der Waals surface area contributed by atoms with Crippen LogP contribution in [0.5, 0.6) is 0 Å². The van der Waals surface area contributed by atoms with Gasteiger partial charge < -0.3 is 20.3 Å². The fraction of sp³-hybridized carbons (Fsp3) is 0.950. The summed E-state index contributed by atoms with van der Waals surface area (Å²) in [6.07, 6.45) is 5.25. The molecule has 26 heavy (non-hydrogen) atoms. The largest absolute Gasteiger partial charge is 0.379 e. The Bertz CT molecular complexity index is 398. The van der Waals surface area contributed by atoms with Gasteiger partial charge in [0.15, 0.2) is 5.96 Å². The molecule has 2 saturated heterocycles. The molecule has 0 aromatic heterocycles.